The molecule has 0 bridgehead atoms. The molecule has 2 amide bonds. The number of hydrogen-bond acceptors (Lipinski definition) is 3. The number of pyridine rings is 1. The summed E-state index contributed by atoms with van der Waals surface area (Å²) < 4.78 is 5.87. The normalized spacial score (nSPS) is 30.4. The van der Waals surface area contributed by atoms with Gasteiger partial charge in [0.2, 0.25) is 0 Å². The van der Waals surface area contributed by atoms with Crippen molar-refractivity contribution < 1.29 is 9.53 Å². The maximum atomic E-state index is 12.8. The average molecular weight is 329 g/mol. The van der Waals surface area contributed by atoms with E-state index in [4.69, 9.17) is 4.74 Å². The van der Waals surface area contributed by atoms with Crippen LogP contribution in [-0.2, 0) is 4.74 Å². The number of likely N-dealkylation sites (tertiary alicyclic amines) is 1. The van der Waals surface area contributed by atoms with Crippen LogP contribution in [0.4, 0.5) is 4.79 Å². The van der Waals surface area contributed by atoms with Gasteiger partial charge >= 0.3 is 6.03 Å². The number of carbonyl (C=O) groups is 1. The zero-order chi connectivity index (χ0) is 16.5. The lowest BCUT2D eigenvalue weighted by Gasteiger charge is -2.33. The number of aryl methyl sites for hydroxylation is 1. The molecule has 5 heteroatoms. The van der Waals surface area contributed by atoms with Gasteiger partial charge < -0.3 is 15.0 Å². The van der Waals surface area contributed by atoms with Gasteiger partial charge in [-0.2, -0.15) is 0 Å². The minimum absolute atomic E-state index is 0.0715. The van der Waals surface area contributed by atoms with Crippen LogP contribution in [0.3, 0.4) is 0 Å². The van der Waals surface area contributed by atoms with Gasteiger partial charge in [0, 0.05) is 24.9 Å². The summed E-state index contributed by atoms with van der Waals surface area (Å²) in [7, 11) is 0. The number of urea groups is 1. The van der Waals surface area contributed by atoms with Gasteiger partial charge in [-0.1, -0.05) is 6.07 Å². The minimum Gasteiger partial charge on any atom is -0.378 e. The summed E-state index contributed by atoms with van der Waals surface area (Å²) in [5, 5.41) is 3.27. The second-order valence-corrected chi connectivity index (χ2v) is 7.47. The zero-order valence-electron chi connectivity index (χ0n) is 14.4. The number of ether oxygens (including phenoxy) is 1. The molecule has 0 spiro atoms. The Hall–Kier alpha value is -1.62. The Morgan fingerprint density at radius 1 is 1.29 bits per heavy atom. The van der Waals surface area contributed by atoms with Crippen molar-refractivity contribution in [2.24, 2.45) is 5.92 Å². The quantitative estimate of drug-likeness (QED) is 0.926. The lowest BCUT2D eigenvalue weighted by molar-refractivity contribution is -0.00989. The molecule has 130 valence electrons. The second kappa shape index (κ2) is 6.71. The monoisotopic (exact) mass is 329 g/mol. The molecular formula is C19H27N3O2. The number of rotatable bonds is 3. The van der Waals surface area contributed by atoms with Crippen LogP contribution in [0.2, 0.25) is 0 Å². The molecule has 1 saturated carbocycles. The van der Waals surface area contributed by atoms with E-state index in [1.165, 1.54) is 12.8 Å². The van der Waals surface area contributed by atoms with Crippen LogP contribution in [0.15, 0.2) is 18.2 Å². The van der Waals surface area contributed by atoms with Crippen molar-refractivity contribution >= 4 is 6.03 Å². The van der Waals surface area contributed by atoms with Gasteiger partial charge in [0.05, 0.1) is 17.8 Å². The van der Waals surface area contributed by atoms with Crippen LogP contribution in [0.1, 0.15) is 56.0 Å². The number of nitrogens with zero attached hydrogens (tertiary/aromatic N) is 2. The van der Waals surface area contributed by atoms with E-state index >= 15 is 0 Å². The molecule has 0 aromatic carbocycles. The van der Waals surface area contributed by atoms with E-state index in [-0.39, 0.29) is 18.1 Å². The number of aromatic nitrogens is 1. The fourth-order valence-corrected chi connectivity index (χ4v) is 4.08. The fraction of sp³-hybridized carbons (Fsp3) is 0.684. The first kappa shape index (κ1) is 15.9. The highest BCUT2D eigenvalue weighted by Crippen LogP contribution is 2.38. The first-order chi connectivity index (χ1) is 11.7. The van der Waals surface area contributed by atoms with Crippen molar-refractivity contribution in [1.82, 2.24) is 15.2 Å². The summed E-state index contributed by atoms with van der Waals surface area (Å²) in [5.74, 6) is 0.737. The van der Waals surface area contributed by atoms with Crippen molar-refractivity contribution in [1.29, 1.82) is 0 Å². The van der Waals surface area contributed by atoms with Crippen molar-refractivity contribution in [3.05, 3.63) is 29.6 Å². The van der Waals surface area contributed by atoms with E-state index in [0.29, 0.717) is 6.10 Å². The molecule has 0 radical (unpaired) electrons. The molecule has 1 N–H and O–H groups in total. The van der Waals surface area contributed by atoms with Gasteiger partial charge in [-0.25, -0.2) is 4.79 Å². The Labute approximate surface area is 143 Å². The Morgan fingerprint density at radius 3 is 2.96 bits per heavy atom. The van der Waals surface area contributed by atoms with E-state index in [1.54, 1.807) is 0 Å². The standard InChI is InChI=1S/C19H27N3O2/c1-13-4-2-5-16(20-13)17-6-3-10-22(17)19(23)21-15-9-11-24-18(12-15)14-7-8-14/h2,4-5,14-15,17-18H,3,6-12H2,1H3,(H,21,23)/t15-,17+,18-/m1/s1. The molecule has 4 rings (SSSR count). The predicted octanol–water partition coefficient (Wildman–Crippen LogP) is 3.19. The number of carbonyl (C=O) groups excluding carboxylic acids is 1. The van der Waals surface area contributed by atoms with E-state index in [9.17, 15) is 4.79 Å². The Bertz CT molecular complexity index is 602. The number of hydrogen-bond donors (Lipinski definition) is 1. The van der Waals surface area contributed by atoms with Gasteiger partial charge in [-0.05, 0) is 63.5 Å². The van der Waals surface area contributed by atoms with Crippen LogP contribution >= 0.6 is 0 Å². The van der Waals surface area contributed by atoms with Crippen LogP contribution in [0.5, 0.6) is 0 Å². The van der Waals surface area contributed by atoms with Crippen molar-refractivity contribution in [3.63, 3.8) is 0 Å². The molecular weight excluding hydrogens is 302 g/mol. The van der Waals surface area contributed by atoms with E-state index in [0.717, 1.165) is 56.1 Å². The van der Waals surface area contributed by atoms with Crippen molar-refractivity contribution in [2.75, 3.05) is 13.2 Å². The molecule has 2 saturated heterocycles. The third-order valence-corrected chi connectivity index (χ3v) is 5.56. The third kappa shape index (κ3) is 3.41. The molecule has 3 heterocycles. The lowest BCUT2D eigenvalue weighted by Crippen LogP contribution is -2.48. The average Bonchev–Trinajstić information content (AvgIpc) is 3.31. The molecule has 1 aromatic rings. The van der Waals surface area contributed by atoms with E-state index in [2.05, 4.69) is 10.3 Å². The van der Waals surface area contributed by atoms with Gasteiger partial charge in [0.15, 0.2) is 0 Å². The summed E-state index contributed by atoms with van der Waals surface area (Å²) in [5.41, 5.74) is 2.03. The third-order valence-electron chi connectivity index (χ3n) is 5.56. The topological polar surface area (TPSA) is 54.5 Å². The number of nitrogens with one attached hydrogen (secondary N) is 1. The molecule has 2 aliphatic heterocycles. The molecule has 5 nitrogen and oxygen atoms in total. The smallest absolute Gasteiger partial charge is 0.318 e. The summed E-state index contributed by atoms with van der Waals surface area (Å²) in [6, 6.07) is 6.52. The van der Waals surface area contributed by atoms with E-state index in [1.807, 2.05) is 30.0 Å². The lowest BCUT2D eigenvalue weighted by atomic mass is 10.0. The highest BCUT2D eigenvalue weighted by atomic mass is 16.5. The SMILES string of the molecule is Cc1cccc([C@@H]2CCCN2C(=O)N[C@@H]2CCO[C@@H](C3CC3)C2)n1. The van der Waals surface area contributed by atoms with Gasteiger partial charge in [-0.3, -0.25) is 4.98 Å². The largest absolute Gasteiger partial charge is 0.378 e. The van der Waals surface area contributed by atoms with Crippen molar-refractivity contribution in [3.8, 4) is 0 Å². The Kier molecular flexibility index (Phi) is 4.44. The van der Waals surface area contributed by atoms with Crippen LogP contribution < -0.4 is 5.32 Å². The molecule has 24 heavy (non-hydrogen) atoms. The van der Waals surface area contributed by atoms with Gasteiger partial charge in [0.1, 0.15) is 0 Å². The fourth-order valence-electron chi connectivity index (χ4n) is 4.08. The maximum absolute atomic E-state index is 12.8. The summed E-state index contributed by atoms with van der Waals surface area (Å²) >= 11 is 0. The minimum atomic E-state index is 0.0715. The van der Waals surface area contributed by atoms with E-state index < -0.39 is 0 Å². The maximum Gasteiger partial charge on any atom is 0.318 e. The van der Waals surface area contributed by atoms with Crippen LogP contribution in [0, 0.1) is 12.8 Å². The predicted molar refractivity (Wildman–Crippen MR) is 91.7 cm³/mol. The Balaban J connectivity index is 1.39. The summed E-state index contributed by atoms with van der Waals surface area (Å²) in [4.78, 5) is 19.4. The first-order valence-electron chi connectivity index (χ1n) is 9.33. The molecule has 0 unspecified atom stereocenters. The summed E-state index contributed by atoms with van der Waals surface area (Å²) in [6.07, 6.45) is 6.89. The molecule has 1 aliphatic carbocycles. The van der Waals surface area contributed by atoms with Crippen molar-refractivity contribution in [2.45, 2.75) is 63.6 Å². The van der Waals surface area contributed by atoms with Crippen LogP contribution in [-0.4, -0.2) is 41.2 Å². The zero-order valence-corrected chi connectivity index (χ0v) is 14.4. The van der Waals surface area contributed by atoms with Gasteiger partial charge in [0.25, 0.3) is 0 Å². The van der Waals surface area contributed by atoms with Crippen LogP contribution in [0.25, 0.3) is 0 Å². The highest BCUT2D eigenvalue weighted by Gasteiger charge is 2.37. The molecule has 3 atom stereocenters. The summed E-state index contributed by atoms with van der Waals surface area (Å²) in [6.45, 7) is 3.60. The molecule has 1 aromatic heterocycles. The second-order valence-electron chi connectivity index (χ2n) is 7.47. The molecule has 3 fully saturated rings. The first-order valence-corrected chi connectivity index (χ1v) is 9.33. The highest BCUT2D eigenvalue weighted by molar-refractivity contribution is 5.75. The Morgan fingerprint density at radius 2 is 2.17 bits per heavy atom. The van der Waals surface area contributed by atoms with Gasteiger partial charge in [-0.15, -0.1) is 0 Å². The number of amides is 2. The molecule has 3 aliphatic rings.